The van der Waals surface area contributed by atoms with Crippen molar-refractivity contribution in [1.82, 2.24) is 19.8 Å². The lowest BCUT2D eigenvalue weighted by molar-refractivity contribution is 0.0586. The highest BCUT2D eigenvalue weighted by molar-refractivity contribution is 9.13. The summed E-state index contributed by atoms with van der Waals surface area (Å²) in [6.45, 7) is 4.87. The highest BCUT2D eigenvalue weighted by Gasteiger charge is 2.45. The molecule has 8 nitrogen and oxygen atoms in total. The van der Waals surface area contributed by atoms with Crippen molar-refractivity contribution in [3.05, 3.63) is 55.5 Å². The molecule has 46 heavy (non-hydrogen) atoms. The van der Waals surface area contributed by atoms with E-state index in [1.807, 2.05) is 24.3 Å². The molecule has 3 heterocycles. The van der Waals surface area contributed by atoms with Gasteiger partial charge < -0.3 is 0 Å². The summed E-state index contributed by atoms with van der Waals surface area (Å²) in [5, 5.41) is 0.597. The minimum Gasteiger partial charge on any atom is -0.274 e. The maximum absolute atomic E-state index is 14.4. The van der Waals surface area contributed by atoms with Crippen molar-refractivity contribution in [2.75, 3.05) is 13.1 Å². The van der Waals surface area contributed by atoms with Crippen LogP contribution in [0.3, 0.4) is 0 Å². The van der Waals surface area contributed by atoms with Crippen LogP contribution in [0.25, 0.3) is 32.8 Å². The van der Waals surface area contributed by atoms with E-state index in [1.165, 1.54) is 9.80 Å². The molecule has 240 valence electrons. The number of benzene rings is 3. The number of carbonyl (C=O) groups is 4. The third-order valence-corrected chi connectivity index (χ3v) is 11.4. The molecule has 0 saturated carbocycles. The third-order valence-electron chi connectivity index (χ3n) is 9.23. The van der Waals surface area contributed by atoms with Gasteiger partial charge in [-0.15, -0.1) is 0 Å². The SMILES string of the molecule is CCCCCCCCN1C(=O)c2c(Br)c(Br)c3c4c(c5nc6ccccc6nc5c(c24)C1=O)C(=O)N(CCCCCCCC)C3=O. The van der Waals surface area contributed by atoms with Gasteiger partial charge in [-0.2, -0.15) is 0 Å². The van der Waals surface area contributed by atoms with Crippen LogP contribution >= 0.6 is 31.9 Å². The van der Waals surface area contributed by atoms with E-state index in [0.29, 0.717) is 43.6 Å². The van der Waals surface area contributed by atoms with E-state index in [4.69, 9.17) is 9.97 Å². The van der Waals surface area contributed by atoms with Crippen molar-refractivity contribution >= 4 is 88.3 Å². The molecule has 0 saturated heterocycles. The number of imide groups is 2. The highest BCUT2D eigenvalue weighted by Crippen LogP contribution is 2.48. The fourth-order valence-electron chi connectivity index (χ4n) is 6.82. The van der Waals surface area contributed by atoms with E-state index in [2.05, 4.69) is 45.7 Å². The van der Waals surface area contributed by atoms with Gasteiger partial charge in [-0.3, -0.25) is 29.0 Å². The monoisotopic (exact) mass is 748 g/mol. The number of aromatic nitrogens is 2. The molecule has 4 amide bonds. The molecular weight excluding hydrogens is 712 g/mol. The van der Waals surface area contributed by atoms with Gasteiger partial charge in [0.2, 0.25) is 0 Å². The Morgan fingerprint density at radius 3 is 1.26 bits per heavy atom. The fraction of sp³-hybridized carbons (Fsp3) is 0.444. The Labute approximate surface area is 285 Å². The molecule has 2 aliphatic rings. The van der Waals surface area contributed by atoms with Gasteiger partial charge >= 0.3 is 0 Å². The van der Waals surface area contributed by atoms with Crippen LogP contribution in [0.5, 0.6) is 0 Å². The van der Waals surface area contributed by atoms with E-state index in [-0.39, 0.29) is 46.4 Å². The van der Waals surface area contributed by atoms with Crippen LogP contribution in [0.4, 0.5) is 0 Å². The van der Waals surface area contributed by atoms with Gasteiger partial charge in [0.1, 0.15) is 11.0 Å². The lowest BCUT2D eigenvalue weighted by atomic mass is 9.84. The van der Waals surface area contributed by atoms with Gasteiger partial charge in [0.15, 0.2) is 0 Å². The Hall–Kier alpha value is -3.24. The highest BCUT2D eigenvalue weighted by atomic mass is 79.9. The number of rotatable bonds is 14. The zero-order valence-electron chi connectivity index (χ0n) is 26.4. The van der Waals surface area contributed by atoms with Crippen LogP contribution in [-0.4, -0.2) is 56.5 Å². The predicted octanol–water partition coefficient (Wildman–Crippen LogP) is 9.37. The van der Waals surface area contributed by atoms with E-state index in [0.717, 1.165) is 64.2 Å². The zero-order valence-corrected chi connectivity index (χ0v) is 29.6. The smallest absolute Gasteiger partial charge is 0.263 e. The van der Waals surface area contributed by atoms with E-state index in [1.54, 1.807) is 0 Å². The first-order valence-corrected chi connectivity index (χ1v) is 18.2. The van der Waals surface area contributed by atoms with Gasteiger partial charge in [0.05, 0.1) is 33.3 Å². The summed E-state index contributed by atoms with van der Waals surface area (Å²) in [4.78, 5) is 69.4. The van der Waals surface area contributed by atoms with Crippen molar-refractivity contribution in [3.63, 3.8) is 0 Å². The summed E-state index contributed by atoms with van der Waals surface area (Å²) in [5.74, 6) is -1.83. The summed E-state index contributed by atoms with van der Waals surface area (Å²) < 4.78 is 0.783. The quantitative estimate of drug-likeness (QED) is 0.0724. The zero-order chi connectivity index (χ0) is 32.5. The van der Waals surface area contributed by atoms with Crippen molar-refractivity contribution in [2.24, 2.45) is 0 Å². The number of unbranched alkanes of at least 4 members (excludes halogenated alkanes) is 10. The Morgan fingerprint density at radius 1 is 0.522 bits per heavy atom. The molecule has 2 aliphatic heterocycles. The average Bonchev–Trinajstić information content (AvgIpc) is 3.05. The summed E-state index contributed by atoms with van der Waals surface area (Å²) in [6, 6.07) is 7.32. The molecule has 0 fully saturated rings. The van der Waals surface area contributed by atoms with E-state index >= 15 is 0 Å². The third kappa shape index (κ3) is 5.55. The topological polar surface area (TPSA) is 101 Å². The number of carbonyl (C=O) groups excluding carboxylic acids is 4. The van der Waals surface area contributed by atoms with E-state index in [9.17, 15) is 19.2 Å². The summed E-state index contributed by atoms with van der Waals surface area (Å²) in [5.41, 5.74) is 2.64. The first kappa shape index (κ1) is 32.7. The van der Waals surface area contributed by atoms with Gasteiger partial charge in [0, 0.05) is 32.8 Å². The molecule has 4 aromatic rings. The lowest BCUT2D eigenvalue weighted by Gasteiger charge is -2.34. The van der Waals surface area contributed by atoms with Crippen molar-refractivity contribution in [2.45, 2.75) is 90.9 Å². The molecule has 6 rings (SSSR count). The first-order chi connectivity index (χ1) is 22.3. The summed E-state index contributed by atoms with van der Waals surface area (Å²) in [7, 11) is 0. The van der Waals surface area contributed by atoms with Crippen LogP contribution in [0.15, 0.2) is 33.2 Å². The normalized spacial score (nSPS) is 14.5. The molecule has 0 N–H and O–H groups in total. The molecule has 0 aliphatic carbocycles. The standard InChI is InChI=1S/C36H38Br2N4O4/c1-3-5-7-9-11-15-19-41-33(43)25-23-24-26(30(38)29(25)37)34(44)42(20-16-12-10-8-6-4-2)36(46)28(24)32-31(27(23)35(41)45)39-21-17-13-14-18-22(21)40-32/h13-14,17-18H,3-12,15-16,19-20H2,1-2H3. The van der Waals surface area contributed by atoms with Crippen LogP contribution in [0, 0.1) is 0 Å². The fourth-order valence-corrected chi connectivity index (χ4v) is 7.96. The van der Waals surface area contributed by atoms with Gasteiger partial charge in [-0.1, -0.05) is 90.2 Å². The molecule has 1 aromatic heterocycles. The molecule has 0 atom stereocenters. The van der Waals surface area contributed by atoms with Crippen molar-refractivity contribution in [3.8, 4) is 0 Å². The number of halogens is 2. The van der Waals surface area contributed by atoms with Crippen LogP contribution in [-0.2, 0) is 0 Å². The summed E-state index contributed by atoms with van der Waals surface area (Å²) in [6.07, 6.45) is 12.1. The molecule has 3 aromatic carbocycles. The maximum atomic E-state index is 14.4. The van der Waals surface area contributed by atoms with Gasteiger partial charge in [0.25, 0.3) is 23.6 Å². The minimum atomic E-state index is -0.471. The van der Waals surface area contributed by atoms with Crippen molar-refractivity contribution < 1.29 is 19.2 Å². The minimum absolute atomic E-state index is 0.215. The average molecular weight is 751 g/mol. The Kier molecular flexibility index (Phi) is 9.85. The van der Waals surface area contributed by atoms with Gasteiger partial charge in [-0.05, 0) is 56.8 Å². The number of para-hydroxylation sites is 2. The Balaban J connectivity index is 1.53. The van der Waals surface area contributed by atoms with E-state index < -0.39 is 23.6 Å². The number of fused-ring (bicyclic) bond motifs is 4. The Morgan fingerprint density at radius 2 is 0.870 bits per heavy atom. The first-order valence-electron chi connectivity index (χ1n) is 16.6. The molecular formula is C36H38Br2N4O4. The van der Waals surface area contributed by atoms with Crippen LogP contribution < -0.4 is 0 Å². The van der Waals surface area contributed by atoms with Crippen LogP contribution in [0.2, 0.25) is 0 Å². The van der Waals surface area contributed by atoms with Gasteiger partial charge in [-0.25, -0.2) is 9.97 Å². The van der Waals surface area contributed by atoms with Crippen molar-refractivity contribution in [1.29, 1.82) is 0 Å². The number of amides is 4. The predicted molar refractivity (Wildman–Crippen MR) is 187 cm³/mol. The number of nitrogens with zero attached hydrogens (tertiary/aromatic N) is 4. The number of hydrogen-bond acceptors (Lipinski definition) is 6. The molecule has 0 spiro atoms. The second-order valence-electron chi connectivity index (χ2n) is 12.3. The molecule has 0 bridgehead atoms. The maximum Gasteiger partial charge on any atom is 0.263 e. The van der Waals surface area contributed by atoms with Crippen LogP contribution in [0.1, 0.15) is 132 Å². The summed E-state index contributed by atoms with van der Waals surface area (Å²) >= 11 is 7.25. The molecule has 10 heteroatoms. The molecule has 0 radical (unpaired) electrons. The second-order valence-corrected chi connectivity index (χ2v) is 13.9. The Bertz CT molecular complexity index is 1770. The lowest BCUT2D eigenvalue weighted by Crippen LogP contribution is -2.44. The molecule has 0 unspecified atom stereocenters. The second kappa shape index (κ2) is 13.9. The largest absolute Gasteiger partial charge is 0.274 e. The number of hydrogen-bond donors (Lipinski definition) is 0.